The number of morpholine rings is 1. The number of pyridine rings is 1. The van der Waals surface area contributed by atoms with Gasteiger partial charge in [-0.2, -0.15) is 0 Å². The Hall–Kier alpha value is -2.19. The molecule has 1 aromatic heterocycles. The lowest BCUT2D eigenvalue weighted by Gasteiger charge is -2.30. The van der Waals surface area contributed by atoms with Crippen LogP contribution < -0.4 is 10.9 Å². The third-order valence-corrected chi connectivity index (χ3v) is 5.62. The molecule has 2 aliphatic heterocycles. The van der Waals surface area contributed by atoms with Crippen LogP contribution in [0.1, 0.15) is 29.6 Å². The molecule has 2 saturated heterocycles. The first kappa shape index (κ1) is 19.6. The second-order valence-electron chi connectivity index (χ2n) is 7.32. The number of hydrogen-bond acceptors (Lipinski definition) is 5. The molecule has 8 nitrogen and oxygen atoms in total. The molecule has 2 aliphatic rings. The van der Waals surface area contributed by atoms with Crippen molar-refractivity contribution in [3.63, 3.8) is 0 Å². The van der Waals surface area contributed by atoms with Crippen LogP contribution in [-0.4, -0.2) is 78.2 Å². The molecule has 0 unspecified atom stereocenters. The Morgan fingerprint density at radius 3 is 2.59 bits per heavy atom. The molecular formula is C19H28N4O4. The normalized spacial score (nSPS) is 23.4. The number of rotatable bonds is 5. The topological polar surface area (TPSA) is 83.9 Å². The van der Waals surface area contributed by atoms with Gasteiger partial charge in [0.05, 0.1) is 13.2 Å². The Morgan fingerprint density at radius 1 is 1.19 bits per heavy atom. The Labute approximate surface area is 159 Å². The van der Waals surface area contributed by atoms with Gasteiger partial charge in [0, 0.05) is 63.0 Å². The molecule has 148 valence electrons. The van der Waals surface area contributed by atoms with E-state index in [9.17, 15) is 14.4 Å². The fourth-order valence-corrected chi connectivity index (χ4v) is 3.73. The molecular weight excluding hydrogens is 348 g/mol. The molecule has 2 fully saturated rings. The zero-order chi connectivity index (χ0) is 19.4. The van der Waals surface area contributed by atoms with Crippen molar-refractivity contribution in [2.45, 2.75) is 31.3 Å². The van der Waals surface area contributed by atoms with Crippen molar-refractivity contribution in [3.05, 3.63) is 34.2 Å². The Morgan fingerprint density at radius 2 is 1.89 bits per heavy atom. The van der Waals surface area contributed by atoms with Gasteiger partial charge in [-0.3, -0.25) is 19.3 Å². The number of carbonyl (C=O) groups is 2. The minimum absolute atomic E-state index is 0.181. The monoisotopic (exact) mass is 376 g/mol. The van der Waals surface area contributed by atoms with Crippen molar-refractivity contribution in [2.24, 2.45) is 7.05 Å². The fourth-order valence-electron chi connectivity index (χ4n) is 3.73. The van der Waals surface area contributed by atoms with Gasteiger partial charge in [-0.1, -0.05) is 0 Å². The molecule has 3 heterocycles. The van der Waals surface area contributed by atoms with Crippen molar-refractivity contribution in [3.8, 4) is 0 Å². The van der Waals surface area contributed by atoms with E-state index in [1.807, 2.05) is 11.9 Å². The summed E-state index contributed by atoms with van der Waals surface area (Å²) in [6.07, 6.45) is 3.98. The van der Waals surface area contributed by atoms with Gasteiger partial charge in [-0.05, 0) is 26.0 Å². The highest BCUT2D eigenvalue weighted by Gasteiger charge is 2.33. The SMILES string of the molecule is CN1[C@@H](CC(=O)N2CCOCC2)CC[C@H]1CNC(=O)c1ccn(C)c(=O)c1. The second kappa shape index (κ2) is 8.67. The van der Waals surface area contributed by atoms with E-state index in [4.69, 9.17) is 4.74 Å². The number of likely N-dealkylation sites (tertiary alicyclic amines) is 1. The highest BCUT2D eigenvalue weighted by atomic mass is 16.5. The first-order valence-corrected chi connectivity index (χ1v) is 9.48. The molecule has 2 atom stereocenters. The summed E-state index contributed by atoms with van der Waals surface area (Å²) in [6, 6.07) is 3.38. The van der Waals surface area contributed by atoms with Gasteiger partial charge in [-0.25, -0.2) is 0 Å². The number of aryl methyl sites for hydroxylation is 1. The first-order valence-electron chi connectivity index (χ1n) is 9.48. The third-order valence-electron chi connectivity index (χ3n) is 5.62. The minimum atomic E-state index is -0.242. The van der Waals surface area contributed by atoms with Gasteiger partial charge in [-0.15, -0.1) is 0 Å². The summed E-state index contributed by atoms with van der Waals surface area (Å²) >= 11 is 0. The number of likely N-dealkylation sites (N-methyl/N-ethyl adjacent to an activating group) is 1. The van der Waals surface area contributed by atoms with Crippen LogP contribution in [0.3, 0.4) is 0 Å². The zero-order valence-corrected chi connectivity index (χ0v) is 16.0. The summed E-state index contributed by atoms with van der Waals surface area (Å²) in [4.78, 5) is 40.5. The number of nitrogens with one attached hydrogen (secondary N) is 1. The molecule has 8 heteroatoms. The lowest BCUT2D eigenvalue weighted by Crippen LogP contribution is -2.45. The maximum atomic E-state index is 12.5. The van der Waals surface area contributed by atoms with Crippen LogP contribution in [0.5, 0.6) is 0 Å². The zero-order valence-electron chi connectivity index (χ0n) is 16.0. The van der Waals surface area contributed by atoms with E-state index in [0.717, 1.165) is 12.8 Å². The summed E-state index contributed by atoms with van der Waals surface area (Å²) < 4.78 is 6.73. The van der Waals surface area contributed by atoms with E-state index in [2.05, 4.69) is 10.2 Å². The van der Waals surface area contributed by atoms with Crippen molar-refractivity contribution < 1.29 is 14.3 Å². The Balaban J connectivity index is 1.48. The predicted molar refractivity (Wildman–Crippen MR) is 101 cm³/mol. The van der Waals surface area contributed by atoms with E-state index in [1.165, 1.54) is 10.6 Å². The van der Waals surface area contributed by atoms with Crippen LogP contribution >= 0.6 is 0 Å². The maximum Gasteiger partial charge on any atom is 0.251 e. The number of amides is 2. The van der Waals surface area contributed by atoms with E-state index >= 15 is 0 Å². The van der Waals surface area contributed by atoms with Crippen molar-refractivity contribution in [1.29, 1.82) is 0 Å². The quantitative estimate of drug-likeness (QED) is 0.771. The standard InChI is InChI=1S/C19H28N4O4/c1-21-6-5-14(11-17(21)24)19(26)20-13-16-4-3-15(22(16)2)12-18(25)23-7-9-27-10-8-23/h5-6,11,15-16H,3-4,7-10,12-13H2,1-2H3,(H,20,26)/t15-,16+/m1/s1. The summed E-state index contributed by atoms with van der Waals surface area (Å²) in [6.45, 7) is 3.08. The number of aromatic nitrogens is 1. The van der Waals surface area contributed by atoms with Crippen molar-refractivity contribution >= 4 is 11.8 Å². The number of carbonyl (C=O) groups excluding carboxylic acids is 2. The van der Waals surface area contributed by atoms with Crippen molar-refractivity contribution in [1.82, 2.24) is 19.7 Å². The molecule has 1 N–H and O–H groups in total. The average molecular weight is 376 g/mol. The molecule has 0 saturated carbocycles. The number of ether oxygens (including phenoxy) is 1. The van der Waals surface area contributed by atoms with Gasteiger partial charge < -0.3 is 19.5 Å². The van der Waals surface area contributed by atoms with Gasteiger partial charge in [0.15, 0.2) is 0 Å². The van der Waals surface area contributed by atoms with E-state index in [0.29, 0.717) is 44.8 Å². The van der Waals surface area contributed by atoms with Crippen LogP contribution in [-0.2, 0) is 16.6 Å². The van der Waals surface area contributed by atoms with E-state index in [-0.39, 0.29) is 29.5 Å². The summed E-state index contributed by atoms with van der Waals surface area (Å²) in [7, 11) is 3.66. The van der Waals surface area contributed by atoms with Crippen molar-refractivity contribution in [2.75, 3.05) is 39.9 Å². The number of hydrogen-bond donors (Lipinski definition) is 1. The van der Waals surface area contributed by atoms with Crippen LogP contribution in [0, 0.1) is 0 Å². The largest absolute Gasteiger partial charge is 0.378 e. The highest BCUT2D eigenvalue weighted by Crippen LogP contribution is 2.25. The van der Waals surface area contributed by atoms with Crippen LogP contribution in [0.4, 0.5) is 0 Å². The van der Waals surface area contributed by atoms with Crippen LogP contribution in [0.25, 0.3) is 0 Å². The van der Waals surface area contributed by atoms with Gasteiger partial charge in [0.1, 0.15) is 0 Å². The lowest BCUT2D eigenvalue weighted by molar-refractivity contribution is -0.136. The lowest BCUT2D eigenvalue weighted by atomic mass is 10.1. The molecule has 0 bridgehead atoms. The Bertz CT molecular complexity index is 741. The molecule has 0 radical (unpaired) electrons. The molecule has 27 heavy (non-hydrogen) atoms. The van der Waals surface area contributed by atoms with E-state index in [1.54, 1.807) is 19.3 Å². The summed E-state index contributed by atoms with van der Waals surface area (Å²) in [5.74, 6) is -0.0612. The molecule has 2 amide bonds. The van der Waals surface area contributed by atoms with Gasteiger partial charge in [0.2, 0.25) is 5.91 Å². The molecule has 0 aromatic carbocycles. The highest BCUT2D eigenvalue weighted by molar-refractivity contribution is 5.94. The average Bonchev–Trinajstić information content (AvgIpc) is 3.02. The molecule has 3 rings (SSSR count). The molecule has 0 aliphatic carbocycles. The molecule has 0 spiro atoms. The Kier molecular flexibility index (Phi) is 6.28. The third kappa shape index (κ3) is 4.75. The maximum absolute atomic E-state index is 12.5. The fraction of sp³-hybridized carbons (Fsp3) is 0.632. The van der Waals surface area contributed by atoms with E-state index < -0.39 is 0 Å². The number of nitrogens with zero attached hydrogens (tertiary/aromatic N) is 3. The predicted octanol–water partition coefficient (Wildman–Crippen LogP) is -0.173. The summed E-state index contributed by atoms with van der Waals surface area (Å²) in [5, 5.41) is 2.91. The van der Waals surface area contributed by atoms with Gasteiger partial charge in [0.25, 0.3) is 11.5 Å². The minimum Gasteiger partial charge on any atom is -0.378 e. The smallest absolute Gasteiger partial charge is 0.251 e. The van der Waals surface area contributed by atoms with Crippen LogP contribution in [0.2, 0.25) is 0 Å². The van der Waals surface area contributed by atoms with Crippen LogP contribution in [0.15, 0.2) is 23.1 Å². The first-order chi connectivity index (χ1) is 13.0. The second-order valence-corrected chi connectivity index (χ2v) is 7.32. The summed E-state index contributed by atoms with van der Waals surface area (Å²) in [5.41, 5.74) is 0.167. The molecule has 1 aromatic rings. The van der Waals surface area contributed by atoms with Gasteiger partial charge >= 0.3 is 0 Å².